The first-order valence-corrected chi connectivity index (χ1v) is 6.72. The fourth-order valence-electron chi connectivity index (χ4n) is 2.79. The highest BCUT2D eigenvalue weighted by atomic mass is 16.5. The number of imide groups is 1. The van der Waals surface area contributed by atoms with Crippen molar-refractivity contribution >= 4 is 23.7 Å². The molecule has 0 bridgehead atoms. The van der Waals surface area contributed by atoms with E-state index in [1.165, 1.54) is 12.1 Å². The molecule has 0 radical (unpaired) electrons. The number of hydrogen-bond acceptors (Lipinski definition) is 5. The third kappa shape index (κ3) is 2.05. The zero-order valence-electron chi connectivity index (χ0n) is 12.3. The van der Waals surface area contributed by atoms with Crippen LogP contribution >= 0.6 is 0 Å². The molecule has 0 aromatic heterocycles. The molecule has 1 unspecified atom stereocenters. The van der Waals surface area contributed by atoms with Gasteiger partial charge in [-0.2, -0.15) is 0 Å². The first-order valence-electron chi connectivity index (χ1n) is 6.72. The van der Waals surface area contributed by atoms with Crippen molar-refractivity contribution in [2.45, 2.75) is 18.8 Å². The number of nitrogens with two attached hydrogens (primary N) is 1. The van der Waals surface area contributed by atoms with Crippen molar-refractivity contribution < 1.29 is 23.9 Å². The van der Waals surface area contributed by atoms with Crippen LogP contribution in [0.4, 0.5) is 0 Å². The van der Waals surface area contributed by atoms with Crippen LogP contribution in [0.1, 0.15) is 29.3 Å². The van der Waals surface area contributed by atoms with Crippen LogP contribution in [0.5, 0.6) is 0 Å². The number of esters is 1. The van der Waals surface area contributed by atoms with Crippen LogP contribution in [0.3, 0.4) is 0 Å². The monoisotopic (exact) mass is 304 g/mol. The van der Waals surface area contributed by atoms with Gasteiger partial charge in [-0.05, 0) is 18.6 Å². The summed E-state index contributed by atoms with van der Waals surface area (Å²) in [5, 5.41) is 0. The molecule has 1 aliphatic heterocycles. The molecule has 0 fully saturated rings. The summed E-state index contributed by atoms with van der Waals surface area (Å²) in [7, 11) is 1.12. The molecule has 2 N–H and O–H groups in total. The molecule has 2 rings (SSSR count). The highest BCUT2D eigenvalue weighted by molar-refractivity contribution is 6.22. The summed E-state index contributed by atoms with van der Waals surface area (Å²) >= 11 is 0. The summed E-state index contributed by atoms with van der Waals surface area (Å²) < 4.78 is 4.74. The Labute approximate surface area is 127 Å². The van der Waals surface area contributed by atoms with Gasteiger partial charge in [-0.1, -0.05) is 18.2 Å². The second-order valence-electron chi connectivity index (χ2n) is 4.94. The molecule has 0 saturated heterocycles. The third-order valence-electron chi connectivity index (χ3n) is 3.76. The average Bonchev–Trinajstić information content (AvgIpc) is 2.51. The molecule has 0 spiro atoms. The van der Waals surface area contributed by atoms with Gasteiger partial charge in [0.2, 0.25) is 5.91 Å². The van der Waals surface area contributed by atoms with Gasteiger partial charge in [0, 0.05) is 12.1 Å². The van der Waals surface area contributed by atoms with Gasteiger partial charge in [0.25, 0.3) is 11.8 Å². The molecule has 1 atom stereocenters. The third-order valence-corrected chi connectivity index (χ3v) is 3.76. The Kier molecular flexibility index (Phi) is 3.99. The predicted molar refractivity (Wildman–Crippen MR) is 75.7 cm³/mol. The fraction of sp³-hybridized carbons (Fsp3) is 0.333. The Bertz CT molecular complexity index is 670. The number of ether oxygens (including phenoxy) is 1. The van der Waals surface area contributed by atoms with Gasteiger partial charge in [-0.3, -0.25) is 24.1 Å². The van der Waals surface area contributed by atoms with Gasteiger partial charge in [0.1, 0.15) is 0 Å². The number of hydrogen-bond donors (Lipinski definition) is 1. The molecule has 1 aliphatic rings. The lowest BCUT2D eigenvalue weighted by Crippen LogP contribution is -2.59. The molecule has 3 amide bonds. The molecule has 1 heterocycles. The van der Waals surface area contributed by atoms with Crippen molar-refractivity contribution in [2.75, 3.05) is 13.7 Å². The van der Waals surface area contributed by atoms with Crippen LogP contribution in [0, 0.1) is 0 Å². The van der Waals surface area contributed by atoms with Crippen LogP contribution < -0.4 is 5.73 Å². The lowest BCUT2D eigenvalue weighted by molar-refractivity contribution is -0.158. The van der Waals surface area contributed by atoms with E-state index in [9.17, 15) is 19.2 Å². The number of nitrogens with zero attached hydrogens (tertiary/aromatic N) is 1. The molecule has 7 heteroatoms. The van der Waals surface area contributed by atoms with Gasteiger partial charge < -0.3 is 10.5 Å². The SMILES string of the molecule is CCN1C(=O)c2ccccc2C(CC(N)=O)(C(=O)OC)C1=O. The quantitative estimate of drug-likeness (QED) is 0.478. The van der Waals surface area contributed by atoms with Gasteiger partial charge in [0.15, 0.2) is 5.41 Å². The normalized spacial score (nSPS) is 20.5. The summed E-state index contributed by atoms with van der Waals surface area (Å²) in [6, 6.07) is 6.18. The van der Waals surface area contributed by atoms with Crippen molar-refractivity contribution in [1.29, 1.82) is 0 Å². The van der Waals surface area contributed by atoms with E-state index in [2.05, 4.69) is 0 Å². The van der Waals surface area contributed by atoms with Crippen LogP contribution in [-0.2, 0) is 24.5 Å². The number of primary amides is 1. The Morgan fingerprint density at radius 1 is 1.27 bits per heavy atom. The second kappa shape index (κ2) is 5.59. The fourth-order valence-corrected chi connectivity index (χ4v) is 2.79. The van der Waals surface area contributed by atoms with Gasteiger partial charge in [-0.15, -0.1) is 0 Å². The molecular formula is C15H16N2O5. The Hall–Kier alpha value is -2.70. The lowest BCUT2D eigenvalue weighted by atomic mass is 9.71. The molecule has 0 aliphatic carbocycles. The van der Waals surface area contributed by atoms with Gasteiger partial charge in [-0.25, -0.2) is 0 Å². The number of carbonyl (C=O) groups is 4. The summed E-state index contributed by atoms with van der Waals surface area (Å²) in [5.74, 6) is -3.04. The van der Waals surface area contributed by atoms with Gasteiger partial charge >= 0.3 is 5.97 Å². The van der Waals surface area contributed by atoms with E-state index in [1.54, 1.807) is 19.1 Å². The standard InChI is InChI=1S/C15H16N2O5/c1-3-17-12(19)9-6-4-5-7-10(9)15(13(17)20,8-11(16)18)14(21)22-2/h4-7H,3,8H2,1-2H3,(H2,16,18). The predicted octanol–water partition coefficient (Wildman–Crippen LogP) is -0.0249. The van der Waals surface area contributed by atoms with Crippen molar-refractivity contribution in [3.8, 4) is 0 Å². The van der Waals surface area contributed by atoms with Gasteiger partial charge in [0.05, 0.1) is 13.5 Å². The molecule has 116 valence electrons. The maximum atomic E-state index is 12.8. The van der Waals surface area contributed by atoms with Crippen molar-refractivity contribution in [3.05, 3.63) is 35.4 Å². The zero-order chi connectivity index (χ0) is 16.5. The largest absolute Gasteiger partial charge is 0.468 e. The maximum absolute atomic E-state index is 12.8. The van der Waals surface area contributed by atoms with E-state index in [1.807, 2.05) is 0 Å². The molecule has 22 heavy (non-hydrogen) atoms. The zero-order valence-corrected chi connectivity index (χ0v) is 12.3. The van der Waals surface area contributed by atoms with Crippen molar-refractivity contribution in [2.24, 2.45) is 5.73 Å². The van der Waals surface area contributed by atoms with Crippen LogP contribution in [0.2, 0.25) is 0 Å². The lowest BCUT2D eigenvalue weighted by Gasteiger charge is -2.38. The maximum Gasteiger partial charge on any atom is 0.326 e. The van der Waals surface area contributed by atoms with E-state index < -0.39 is 35.5 Å². The topological polar surface area (TPSA) is 107 Å². The molecule has 1 aromatic rings. The number of methoxy groups -OCH3 is 1. The van der Waals surface area contributed by atoms with Crippen molar-refractivity contribution in [1.82, 2.24) is 4.90 Å². The molecular weight excluding hydrogens is 288 g/mol. The minimum Gasteiger partial charge on any atom is -0.468 e. The molecule has 7 nitrogen and oxygen atoms in total. The number of benzene rings is 1. The molecule has 0 saturated carbocycles. The summed E-state index contributed by atoms with van der Waals surface area (Å²) in [4.78, 5) is 50.0. The molecule has 1 aromatic carbocycles. The number of fused-ring (bicyclic) bond motifs is 1. The van der Waals surface area contributed by atoms with E-state index in [0.717, 1.165) is 12.0 Å². The minimum absolute atomic E-state index is 0.0729. The highest BCUT2D eigenvalue weighted by Crippen LogP contribution is 2.38. The van der Waals surface area contributed by atoms with Crippen LogP contribution in [0.25, 0.3) is 0 Å². The van der Waals surface area contributed by atoms with Crippen LogP contribution in [-0.4, -0.2) is 42.2 Å². The van der Waals surface area contributed by atoms with Crippen molar-refractivity contribution in [3.63, 3.8) is 0 Å². The van der Waals surface area contributed by atoms with E-state index in [-0.39, 0.29) is 17.7 Å². The summed E-state index contributed by atoms with van der Waals surface area (Å²) in [6.07, 6.45) is -0.556. The Morgan fingerprint density at radius 2 is 1.91 bits per heavy atom. The summed E-state index contributed by atoms with van der Waals surface area (Å²) in [6.45, 7) is 1.68. The minimum atomic E-state index is -1.92. The van der Waals surface area contributed by atoms with E-state index >= 15 is 0 Å². The number of rotatable bonds is 4. The highest BCUT2D eigenvalue weighted by Gasteiger charge is 2.57. The number of carbonyl (C=O) groups excluding carboxylic acids is 4. The van der Waals surface area contributed by atoms with Crippen LogP contribution in [0.15, 0.2) is 24.3 Å². The van der Waals surface area contributed by atoms with E-state index in [0.29, 0.717) is 0 Å². The van der Waals surface area contributed by atoms with E-state index in [4.69, 9.17) is 10.5 Å². The summed E-state index contributed by atoms with van der Waals surface area (Å²) in [5.41, 5.74) is 3.67. The first-order chi connectivity index (χ1) is 10.4. The Balaban J connectivity index is 2.81. The Morgan fingerprint density at radius 3 is 2.45 bits per heavy atom. The second-order valence-corrected chi connectivity index (χ2v) is 4.94. The first kappa shape index (κ1) is 15.7. The smallest absolute Gasteiger partial charge is 0.326 e. The number of likely N-dealkylation sites (N-methyl/N-ethyl adjacent to an activating group) is 1. The average molecular weight is 304 g/mol. The number of amides is 3.